The fraction of sp³-hybridized carbons (Fsp3) is 0.300. The van der Waals surface area contributed by atoms with Gasteiger partial charge in [0, 0.05) is 41.7 Å². The van der Waals surface area contributed by atoms with E-state index in [2.05, 4.69) is 38.9 Å². The number of fused-ring (bicyclic) bond motifs is 1. The van der Waals surface area contributed by atoms with Crippen LogP contribution in [0.25, 0.3) is 11.0 Å². The molecule has 0 fully saturated rings. The van der Waals surface area contributed by atoms with E-state index in [-0.39, 0.29) is 0 Å². The van der Waals surface area contributed by atoms with Crippen LogP contribution in [0.15, 0.2) is 42.7 Å². The fourth-order valence-electron chi connectivity index (χ4n) is 2.24. The Labute approximate surface area is 164 Å². The first-order valence-electron chi connectivity index (χ1n) is 8.48. The van der Waals surface area contributed by atoms with Crippen molar-refractivity contribution in [3.63, 3.8) is 0 Å². The summed E-state index contributed by atoms with van der Waals surface area (Å²) in [5.41, 5.74) is 8.57. The zero-order chi connectivity index (χ0) is 18.6. The number of aryl methyl sites for hydroxylation is 1. The first kappa shape index (κ1) is 20.1. The molecule has 0 aliphatic carbocycles. The van der Waals surface area contributed by atoms with E-state index in [9.17, 15) is 0 Å². The molecule has 4 nitrogen and oxygen atoms in total. The van der Waals surface area contributed by atoms with Crippen LogP contribution in [0.3, 0.4) is 0 Å². The van der Waals surface area contributed by atoms with Crippen LogP contribution in [-0.4, -0.2) is 26.7 Å². The number of nitrogens with two attached hydrogens (primary N) is 1. The number of rotatable bonds is 5. The first-order valence-corrected chi connectivity index (χ1v) is 9.55. The quantitative estimate of drug-likeness (QED) is 0.375. The van der Waals surface area contributed by atoms with Crippen LogP contribution >= 0.6 is 23.2 Å². The standard InChI is InChI=1S/2C10H11ClN2/c11-5-1-4-9-7-8-3-2-6-12-10(8)13-9;11-7-3-1-2-5-9-6-4-8-13-10(9)12/h2-3,6-7H,1,4-5H2,(H,12,13);4,6,8H,1,3,7H2,(H2,12,13). The number of aromatic amines is 1. The molecule has 0 aliphatic rings. The lowest BCUT2D eigenvalue weighted by molar-refractivity contribution is 0.901. The Morgan fingerprint density at radius 1 is 1.04 bits per heavy atom. The minimum Gasteiger partial charge on any atom is -0.383 e. The number of H-pyrrole nitrogens is 1. The van der Waals surface area contributed by atoms with Gasteiger partial charge in [0.1, 0.15) is 11.5 Å². The molecule has 3 aromatic heterocycles. The number of aromatic nitrogens is 3. The highest BCUT2D eigenvalue weighted by molar-refractivity contribution is 6.18. The van der Waals surface area contributed by atoms with Crippen molar-refractivity contribution in [1.82, 2.24) is 15.0 Å². The molecular weight excluding hydrogens is 367 g/mol. The van der Waals surface area contributed by atoms with E-state index in [1.54, 1.807) is 12.4 Å². The Hall–Kier alpha value is -2.22. The van der Waals surface area contributed by atoms with Gasteiger partial charge in [-0.3, -0.25) is 0 Å². The summed E-state index contributed by atoms with van der Waals surface area (Å²) >= 11 is 11.1. The van der Waals surface area contributed by atoms with Gasteiger partial charge in [-0.25, -0.2) is 9.97 Å². The van der Waals surface area contributed by atoms with Gasteiger partial charge in [0.05, 0.1) is 5.56 Å². The average molecular weight is 389 g/mol. The summed E-state index contributed by atoms with van der Waals surface area (Å²) in [6.45, 7) is 0. The number of alkyl halides is 2. The summed E-state index contributed by atoms with van der Waals surface area (Å²) < 4.78 is 0. The maximum atomic E-state index is 5.62. The molecule has 0 spiro atoms. The van der Waals surface area contributed by atoms with E-state index in [1.807, 2.05) is 18.2 Å². The predicted molar refractivity (Wildman–Crippen MR) is 111 cm³/mol. The van der Waals surface area contributed by atoms with Gasteiger partial charge in [0.25, 0.3) is 0 Å². The number of unbranched alkanes of at least 4 members (excludes halogenated alkanes) is 1. The third kappa shape index (κ3) is 6.59. The van der Waals surface area contributed by atoms with Crippen molar-refractivity contribution in [2.45, 2.75) is 25.7 Å². The van der Waals surface area contributed by atoms with E-state index < -0.39 is 0 Å². The lowest BCUT2D eigenvalue weighted by atomic mass is 10.2. The smallest absolute Gasteiger partial charge is 0.139 e. The van der Waals surface area contributed by atoms with E-state index in [1.165, 1.54) is 11.1 Å². The molecule has 136 valence electrons. The third-order valence-corrected chi connectivity index (χ3v) is 4.06. The van der Waals surface area contributed by atoms with Gasteiger partial charge in [-0.15, -0.1) is 23.2 Å². The van der Waals surface area contributed by atoms with Crippen molar-refractivity contribution in [2.24, 2.45) is 0 Å². The molecule has 0 aliphatic heterocycles. The monoisotopic (exact) mass is 388 g/mol. The fourth-order valence-corrected chi connectivity index (χ4v) is 2.51. The minimum atomic E-state index is 0.487. The van der Waals surface area contributed by atoms with Gasteiger partial charge < -0.3 is 10.7 Å². The molecular formula is C20H22Cl2N4. The third-order valence-electron chi connectivity index (χ3n) is 3.52. The molecule has 0 aromatic carbocycles. The van der Waals surface area contributed by atoms with E-state index in [0.717, 1.165) is 36.9 Å². The number of anilines is 1. The SMILES string of the molecule is ClCCCc1cc2cccnc2[nH]1.Nc1ncccc1C#CCCCCl. The van der Waals surface area contributed by atoms with Crippen molar-refractivity contribution in [1.29, 1.82) is 0 Å². The highest BCUT2D eigenvalue weighted by Crippen LogP contribution is 2.13. The zero-order valence-electron chi connectivity index (χ0n) is 14.5. The van der Waals surface area contributed by atoms with Crippen molar-refractivity contribution in [2.75, 3.05) is 17.5 Å². The summed E-state index contributed by atoms with van der Waals surface area (Å²) in [6.07, 6.45) is 7.17. The Bertz CT molecular complexity index is 832. The van der Waals surface area contributed by atoms with Gasteiger partial charge in [0.15, 0.2) is 0 Å². The molecule has 0 saturated carbocycles. The van der Waals surface area contributed by atoms with Gasteiger partial charge >= 0.3 is 0 Å². The highest BCUT2D eigenvalue weighted by atomic mass is 35.5. The van der Waals surface area contributed by atoms with Crippen molar-refractivity contribution in [3.05, 3.63) is 54.0 Å². The van der Waals surface area contributed by atoms with Gasteiger partial charge in [-0.1, -0.05) is 11.8 Å². The van der Waals surface area contributed by atoms with Crippen molar-refractivity contribution >= 4 is 40.1 Å². The lowest BCUT2D eigenvalue weighted by Crippen LogP contribution is -1.92. The molecule has 3 heterocycles. The van der Waals surface area contributed by atoms with Crippen LogP contribution in [0.2, 0.25) is 0 Å². The second kappa shape index (κ2) is 11.4. The maximum Gasteiger partial charge on any atom is 0.139 e. The van der Waals surface area contributed by atoms with Crippen LogP contribution in [0.1, 0.15) is 30.5 Å². The topological polar surface area (TPSA) is 67.6 Å². The summed E-state index contributed by atoms with van der Waals surface area (Å²) in [5.74, 6) is 7.79. The number of hydrogen-bond donors (Lipinski definition) is 2. The van der Waals surface area contributed by atoms with Gasteiger partial charge in [-0.2, -0.15) is 0 Å². The molecule has 3 aromatic rings. The van der Waals surface area contributed by atoms with Crippen LogP contribution in [-0.2, 0) is 6.42 Å². The Morgan fingerprint density at radius 3 is 2.54 bits per heavy atom. The normalized spacial score (nSPS) is 9.92. The van der Waals surface area contributed by atoms with E-state index >= 15 is 0 Å². The molecule has 0 saturated heterocycles. The molecule has 0 unspecified atom stereocenters. The largest absolute Gasteiger partial charge is 0.383 e. The summed E-state index contributed by atoms with van der Waals surface area (Å²) in [5, 5.41) is 1.17. The highest BCUT2D eigenvalue weighted by Gasteiger charge is 1.99. The molecule has 0 radical (unpaired) electrons. The number of halogens is 2. The van der Waals surface area contributed by atoms with Crippen molar-refractivity contribution in [3.8, 4) is 11.8 Å². The molecule has 0 atom stereocenters. The van der Waals surface area contributed by atoms with E-state index in [0.29, 0.717) is 17.6 Å². The van der Waals surface area contributed by atoms with Gasteiger partial charge in [0.2, 0.25) is 0 Å². The summed E-state index contributed by atoms with van der Waals surface area (Å²) in [6, 6.07) is 9.82. The number of nitrogens with zero attached hydrogens (tertiary/aromatic N) is 2. The number of pyridine rings is 2. The van der Waals surface area contributed by atoms with Crippen LogP contribution in [0.5, 0.6) is 0 Å². The summed E-state index contributed by atoms with van der Waals surface area (Å²) in [4.78, 5) is 11.4. The number of nitrogen functional groups attached to an aromatic ring is 1. The van der Waals surface area contributed by atoms with Crippen LogP contribution < -0.4 is 5.73 Å². The first-order chi connectivity index (χ1) is 12.7. The number of hydrogen-bond acceptors (Lipinski definition) is 3. The second-order valence-corrected chi connectivity index (χ2v) is 6.31. The molecule has 6 heteroatoms. The Kier molecular flexibility index (Phi) is 8.82. The van der Waals surface area contributed by atoms with E-state index in [4.69, 9.17) is 28.9 Å². The maximum absolute atomic E-state index is 5.62. The molecule has 0 amide bonds. The molecule has 0 bridgehead atoms. The average Bonchev–Trinajstić information content (AvgIpc) is 3.08. The summed E-state index contributed by atoms with van der Waals surface area (Å²) in [7, 11) is 0. The van der Waals surface area contributed by atoms with Crippen molar-refractivity contribution < 1.29 is 0 Å². The molecule has 3 N–H and O–H groups in total. The predicted octanol–water partition coefficient (Wildman–Crippen LogP) is 4.77. The molecule has 26 heavy (non-hydrogen) atoms. The second-order valence-electron chi connectivity index (χ2n) is 5.56. The lowest BCUT2D eigenvalue weighted by Gasteiger charge is -1.93. The van der Waals surface area contributed by atoms with Crippen LogP contribution in [0, 0.1) is 11.8 Å². The molecule has 3 rings (SSSR count). The Balaban J connectivity index is 0.000000187. The van der Waals surface area contributed by atoms with Crippen LogP contribution in [0.4, 0.5) is 5.82 Å². The minimum absolute atomic E-state index is 0.487. The van der Waals surface area contributed by atoms with Gasteiger partial charge in [-0.05, 0) is 49.6 Å². The zero-order valence-corrected chi connectivity index (χ0v) is 16.0. The number of nitrogens with one attached hydrogen (secondary N) is 1. The Morgan fingerprint density at radius 2 is 1.81 bits per heavy atom.